The van der Waals surface area contributed by atoms with Crippen molar-refractivity contribution in [2.45, 2.75) is 134 Å². The van der Waals surface area contributed by atoms with Crippen LogP contribution in [-0.4, -0.2) is 105 Å². The topological polar surface area (TPSA) is 289 Å². The molecule has 0 aliphatic rings. The van der Waals surface area contributed by atoms with Crippen molar-refractivity contribution in [3.8, 4) is 0 Å². The molecule has 0 aliphatic heterocycles. The van der Waals surface area contributed by atoms with Crippen molar-refractivity contribution in [3.05, 3.63) is 150 Å². The number of fused-ring (bicyclic) bond motifs is 6. The molecular weight excluding hydrogens is 1290 g/mol. The molecule has 0 fully saturated rings. The molecule has 0 radical (unpaired) electrons. The molecule has 9 aromatic rings. The minimum Gasteiger partial charge on any atom is -0.870 e. The molecule has 0 atom stereocenters. The third-order valence-corrected chi connectivity index (χ3v) is 16.2. The van der Waals surface area contributed by atoms with E-state index in [1.54, 1.807) is 51.2 Å². The Morgan fingerprint density at radius 1 is 0.563 bits per heavy atom. The minimum atomic E-state index is -1.17. The summed E-state index contributed by atoms with van der Waals surface area (Å²) in [5.41, 5.74) is 6.95. The van der Waals surface area contributed by atoms with Gasteiger partial charge in [-0.2, -0.15) is 0 Å². The van der Waals surface area contributed by atoms with Crippen LogP contribution in [0.25, 0.3) is 71.2 Å². The van der Waals surface area contributed by atoms with Gasteiger partial charge in [0.2, 0.25) is 0 Å². The fourth-order valence-electron chi connectivity index (χ4n) is 9.25. The predicted molar refractivity (Wildman–Crippen MR) is 352 cm³/mol. The molecule has 6 aromatic heterocycles. The van der Waals surface area contributed by atoms with Gasteiger partial charge in [-0.25, -0.2) is 28.0 Å². The Kier molecular flexibility index (Phi) is 30.3. The Balaban J connectivity index is 0.000000610. The fraction of sp³-hybridized carbons (Fsp3) is 0.339. The first kappa shape index (κ1) is 79.8. The summed E-state index contributed by atoms with van der Waals surface area (Å²) >= 11 is 10.8. The van der Waals surface area contributed by atoms with E-state index in [1.807, 2.05) is 127 Å². The van der Waals surface area contributed by atoms with Crippen molar-refractivity contribution in [2.75, 3.05) is 18.8 Å². The average molecular weight is 1360 g/mol. The number of aryl methyl sites for hydroxylation is 2. The van der Waals surface area contributed by atoms with Gasteiger partial charge in [0.1, 0.15) is 30.0 Å². The SMILES string of the molecule is C=[N-].CB(O)O.CSc1c(C)ccc2c(=O)c3ccc(C(C)(C)C)nc3n(CC(=O)O)c12.CSc1c(C)ccc2c(=O)c3ccc(C(C)(C)C)nc3n(C[C-]=O)c12.CSc1c(Cl)ccc2c(=O)c3ccc(C(C)(C)C)nc3n(CC(=O)O)c12.[CH3-].[Na+].[OH-].[Pd+2]. The molecular formula is C62H73BClN7NaO11PdS3-. The second-order valence-electron chi connectivity index (χ2n) is 22.4. The van der Waals surface area contributed by atoms with E-state index >= 15 is 0 Å². The van der Waals surface area contributed by atoms with E-state index in [4.69, 9.17) is 37.0 Å². The number of benzene rings is 3. The third kappa shape index (κ3) is 17.8. The number of hydrogen-bond donors (Lipinski definition) is 4. The predicted octanol–water partition coefficient (Wildman–Crippen LogP) is 8.88. The van der Waals surface area contributed by atoms with Gasteiger partial charge in [0.05, 0.1) is 42.6 Å². The summed E-state index contributed by atoms with van der Waals surface area (Å²) in [4.78, 5) is 90.2. The largest absolute Gasteiger partial charge is 2.00 e. The van der Waals surface area contributed by atoms with Crippen LogP contribution >= 0.6 is 46.9 Å². The first-order valence-corrected chi connectivity index (χ1v) is 30.1. The number of thioether (sulfide) groups is 3. The Hall–Kier alpha value is -5.25. The quantitative estimate of drug-likeness (QED) is 0.0345. The van der Waals surface area contributed by atoms with Gasteiger partial charge < -0.3 is 57.1 Å². The molecule has 0 aliphatic carbocycles. The monoisotopic (exact) mass is 1360 g/mol. The first-order chi connectivity index (χ1) is 38.8. The zero-order chi connectivity index (χ0) is 62.4. The second kappa shape index (κ2) is 33.0. The summed E-state index contributed by atoms with van der Waals surface area (Å²) in [6, 6.07) is 21.7. The van der Waals surface area contributed by atoms with Gasteiger partial charge in [-0.1, -0.05) is 92.6 Å². The second-order valence-corrected chi connectivity index (χ2v) is 25.2. The summed E-state index contributed by atoms with van der Waals surface area (Å²) in [6.07, 6.45) is 7.73. The van der Waals surface area contributed by atoms with Crippen molar-refractivity contribution >= 4 is 145 Å². The van der Waals surface area contributed by atoms with Crippen LogP contribution in [0.15, 0.2) is 102 Å². The summed E-state index contributed by atoms with van der Waals surface area (Å²) < 4.78 is 5.08. The Morgan fingerprint density at radius 3 is 1.10 bits per heavy atom. The van der Waals surface area contributed by atoms with E-state index in [1.165, 1.54) is 30.3 Å². The number of aromatic nitrogens is 6. The molecule has 25 heteroatoms. The van der Waals surface area contributed by atoms with Gasteiger partial charge in [-0.05, 0) is 111 Å². The number of carbonyl (C=O) groups excluding carboxylic acids is 1. The Bertz CT molecular complexity index is 4010. The van der Waals surface area contributed by atoms with Crippen LogP contribution in [0.1, 0.15) is 90.5 Å². The van der Waals surface area contributed by atoms with Gasteiger partial charge in [-0.3, -0.25) is 24.0 Å². The van der Waals surface area contributed by atoms with Crippen molar-refractivity contribution in [3.63, 3.8) is 0 Å². The maximum Gasteiger partial charge on any atom is 2.00 e. The first-order valence-electron chi connectivity index (χ1n) is 26.0. The van der Waals surface area contributed by atoms with E-state index in [9.17, 15) is 39.0 Å². The molecule has 5 N–H and O–H groups in total. The molecule has 6 heterocycles. The minimum absolute atomic E-state index is 0. The maximum absolute atomic E-state index is 13.1. The standard InChI is InChI=1S/C20H22N2O3S.C20H21N2O2S.C19H19ClN2O3S.CH5BO2.CH2N.CH3.Na.H2O.Pd/c1-11-6-7-12-16(18(11)26-5)22(10-15(23)24)19-13(17(12)25)8-9-14(21-19)20(2,3)4;1-12-6-7-13-16(18(12)25-5)22(10-11-23)19-14(17(13)24)8-9-15(21-19)20(2,3)4;1-19(2,3)13-8-6-11-16(25)10-5-7-12(20)17(26-4)15(10)22(9-14(23)24)18(11)21-13;1-2(3)4;1-2;;;;/h6-9H,10H2,1-5H3,(H,23,24);6-9H,10H2,1-5H3;5-8H,9H2,1-4H3,(H,23,24);3-4H,1H3;1H2;1H3;;1H2;/q;-1;;;2*-1;+1;;+2/p-1. The number of carbonyl (C=O) groups is 2. The van der Waals surface area contributed by atoms with E-state index in [0.717, 1.165) is 43.5 Å². The van der Waals surface area contributed by atoms with Gasteiger partial charge in [0.15, 0.2) is 16.3 Å². The molecule has 9 rings (SSSR count). The number of rotatable bonds is 9. The number of pyridine rings is 6. The fourth-order valence-corrected chi connectivity index (χ4v) is 11.9. The molecule has 18 nitrogen and oxygen atoms in total. The molecule has 0 saturated carbocycles. The number of carboxylic acid groups (broad SMARTS) is 2. The molecule has 87 heavy (non-hydrogen) atoms. The third-order valence-electron chi connectivity index (χ3n) is 13.1. The summed E-state index contributed by atoms with van der Waals surface area (Å²) in [7, 11) is -1.17. The van der Waals surface area contributed by atoms with Gasteiger partial charge in [0, 0.05) is 59.3 Å². The van der Waals surface area contributed by atoms with Crippen LogP contribution in [0.4, 0.5) is 0 Å². The normalized spacial score (nSPS) is 11.0. The number of aliphatic carboxylic acids is 2. The van der Waals surface area contributed by atoms with Crippen LogP contribution in [-0.2, 0) is 70.7 Å². The number of carboxylic acids is 2. The number of hydrogen-bond acceptors (Lipinski definition) is 15. The Morgan fingerprint density at radius 2 is 0.828 bits per heavy atom. The molecule has 0 bridgehead atoms. The molecule has 462 valence electrons. The van der Waals surface area contributed by atoms with Crippen molar-refractivity contribution in [1.29, 1.82) is 0 Å². The summed E-state index contributed by atoms with van der Waals surface area (Å²) in [5, 5.41) is 44.4. The number of nitrogens with zero attached hydrogens (tertiary/aromatic N) is 7. The molecule has 0 amide bonds. The van der Waals surface area contributed by atoms with Crippen molar-refractivity contribution in [2.24, 2.45) is 0 Å². The molecule has 0 saturated heterocycles. The zero-order valence-electron chi connectivity index (χ0n) is 52.1. The van der Waals surface area contributed by atoms with Crippen LogP contribution < -0.4 is 45.8 Å². The average Bonchev–Trinajstić information content (AvgIpc) is 1.69. The Labute approximate surface area is 560 Å². The van der Waals surface area contributed by atoms with E-state index in [0.29, 0.717) is 70.2 Å². The zero-order valence-corrected chi connectivity index (χ0v) is 58.8. The van der Waals surface area contributed by atoms with Crippen LogP contribution in [0, 0.1) is 21.3 Å². The van der Waals surface area contributed by atoms with Gasteiger partial charge in [-0.15, -0.1) is 35.3 Å². The van der Waals surface area contributed by atoms with E-state index in [-0.39, 0.29) is 115 Å². The van der Waals surface area contributed by atoms with Crippen LogP contribution in [0.5, 0.6) is 0 Å². The summed E-state index contributed by atoms with van der Waals surface area (Å²) in [5.74, 6) is -1.97. The van der Waals surface area contributed by atoms with Gasteiger partial charge in [0.25, 0.3) is 0 Å². The number of halogens is 1. The van der Waals surface area contributed by atoms with Crippen molar-refractivity contribution < 1.29 is 90.1 Å². The van der Waals surface area contributed by atoms with Crippen molar-refractivity contribution in [1.82, 2.24) is 28.7 Å². The van der Waals surface area contributed by atoms with E-state index in [2.05, 4.69) is 32.5 Å². The van der Waals surface area contributed by atoms with Gasteiger partial charge >= 0.3 is 69.0 Å². The van der Waals surface area contributed by atoms with E-state index < -0.39 is 19.1 Å². The molecule has 3 aromatic carbocycles. The van der Waals surface area contributed by atoms with Crippen LogP contribution in [0.3, 0.4) is 0 Å². The smallest absolute Gasteiger partial charge is 0.870 e. The maximum atomic E-state index is 13.1. The molecule has 0 spiro atoms. The van der Waals surface area contributed by atoms with Crippen LogP contribution in [0.2, 0.25) is 11.8 Å². The summed E-state index contributed by atoms with van der Waals surface area (Å²) in [6.45, 7) is 25.4. The molecule has 0 unspecified atom stereocenters.